The van der Waals surface area contributed by atoms with Crippen LogP contribution >= 0.6 is 0 Å². The lowest BCUT2D eigenvalue weighted by Crippen LogP contribution is -2.05. The van der Waals surface area contributed by atoms with Crippen molar-refractivity contribution >= 4 is 0 Å². The molecule has 0 bridgehead atoms. The number of aryl methyl sites for hydroxylation is 3. The molecule has 0 atom stereocenters. The molecule has 30 heavy (non-hydrogen) atoms. The summed E-state index contributed by atoms with van der Waals surface area (Å²) < 4.78 is 53.3. The highest BCUT2D eigenvalue weighted by atomic mass is 19.4. The number of aromatic nitrogens is 3. The fourth-order valence-corrected chi connectivity index (χ4v) is 3.05. The Hall–Kier alpha value is -2.94. The standard InChI is InChI=1S/C21H22F3N3O3/c1-13-9-16(19-26-20(30-27-19)21(22,23)24)10-14(2)18(13)29-8-4-5-15-6-7-17(12-28-3)25-11-15/h6-7,9-11H,4-5,8,12H2,1-3H3. The second-order valence-corrected chi connectivity index (χ2v) is 6.90. The van der Waals surface area contributed by atoms with Crippen LogP contribution in [0.5, 0.6) is 5.75 Å². The Labute approximate surface area is 172 Å². The van der Waals surface area contributed by atoms with Crippen molar-refractivity contribution < 1.29 is 27.2 Å². The summed E-state index contributed by atoms with van der Waals surface area (Å²) in [6.07, 6.45) is -1.22. The van der Waals surface area contributed by atoms with Crippen molar-refractivity contribution in [3.8, 4) is 17.1 Å². The maximum absolute atomic E-state index is 12.7. The molecule has 3 aromatic rings. The van der Waals surface area contributed by atoms with Gasteiger partial charge in [-0.3, -0.25) is 4.98 Å². The van der Waals surface area contributed by atoms with E-state index in [4.69, 9.17) is 9.47 Å². The second-order valence-electron chi connectivity index (χ2n) is 6.90. The van der Waals surface area contributed by atoms with Gasteiger partial charge in [0, 0.05) is 18.9 Å². The van der Waals surface area contributed by atoms with Gasteiger partial charge in [0.2, 0.25) is 5.82 Å². The number of nitrogens with zero attached hydrogens (tertiary/aromatic N) is 3. The lowest BCUT2D eigenvalue weighted by Gasteiger charge is -2.13. The maximum Gasteiger partial charge on any atom is 0.471 e. The van der Waals surface area contributed by atoms with Gasteiger partial charge in [0.25, 0.3) is 0 Å². The highest BCUT2D eigenvalue weighted by Gasteiger charge is 2.38. The number of benzene rings is 1. The number of halogens is 3. The molecule has 0 saturated carbocycles. The van der Waals surface area contributed by atoms with Gasteiger partial charge in [0.1, 0.15) is 5.75 Å². The molecule has 0 radical (unpaired) electrons. The first-order valence-corrected chi connectivity index (χ1v) is 9.36. The monoisotopic (exact) mass is 421 g/mol. The molecule has 0 N–H and O–H groups in total. The smallest absolute Gasteiger partial charge is 0.471 e. The van der Waals surface area contributed by atoms with Crippen LogP contribution in [0.3, 0.4) is 0 Å². The maximum atomic E-state index is 12.7. The van der Waals surface area contributed by atoms with Crippen LogP contribution in [0.2, 0.25) is 0 Å². The molecule has 0 fully saturated rings. The quantitative estimate of drug-likeness (QED) is 0.481. The van der Waals surface area contributed by atoms with Gasteiger partial charge in [-0.1, -0.05) is 11.2 Å². The fraction of sp³-hybridized carbons (Fsp3) is 0.381. The molecule has 160 valence electrons. The Bertz CT molecular complexity index is 962. The Morgan fingerprint density at radius 3 is 2.40 bits per heavy atom. The molecule has 1 aromatic carbocycles. The van der Waals surface area contributed by atoms with Crippen LogP contribution in [-0.4, -0.2) is 28.8 Å². The van der Waals surface area contributed by atoms with Gasteiger partial charge in [-0.15, -0.1) is 0 Å². The third kappa shape index (κ3) is 5.35. The van der Waals surface area contributed by atoms with Gasteiger partial charge in [-0.05, 0) is 61.6 Å². The molecule has 0 amide bonds. The normalized spacial score (nSPS) is 11.7. The number of alkyl halides is 3. The van der Waals surface area contributed by atoms with Crippen LogP contribution in [-0.2, 0) is 23.9 Å². The van der Waals surface area contributed by atoms with Crippen LogP contribution in [0, 0.1) is 13.8 Å². The number of hydrogen-bond acceptors (Lipinski definition) is 6. The Morgan fingerprint density at radius 1 is 1.10 bits per heavy atom. The zero-order valence-electron chi connectivity index (χ0n) is 16.9. The topological polar surface area (TPSA) is 70.3 Å². The highest BCUT2D eigenvalue weighted by molar-refractivity contribution is 5.61. The van der Waals surface area contributed by atoms with E-state index in [1.807, 2.05) is 32.2 Å². The van der Waals surface area contributed by atoms with Crippen LogP contribution in [0.1, 0.15) is 34.7 Å². The van der Waals surface area contributed by atoms with Crippen molar-refractivity contribution in [1.82, 2.24) is 15.1 Å². The van der Waals surface area contributed by atoms with E-state index in [1.165, 1.54) is 0 Å². The van der Waals surface area contributed by atoms with E-state index in [9.17, 15) is 13.2 Å². The zero-order chi connectivity index (χ0) is 21.7. The predicted octanol–water partition coefficient (Wildman–Crippen LogP) is 4.93. The van der Waals surface area contributed by atoms with Crippen molar-refractivity contribution in [1.29, 1.82) is 0 Å². The minimum atomic E-state index is -4.67. The van der Waals surface area contributed by atoms with Crippen LogP contribution in [0.25, 0.3) is 11.4 Å². The van der Waals surface area contributed by atoms with E-state index in [-0.39, 0.29) is 5.82 Å². The molecule has 2 heterocycles. The third-order valence-electron chi connectivity index (χ3n) is 4.42. The summed E-state index contributed by atoms with van der Waals surface area (Å²) in [6, 6.07) is 7.33. The van der Waals surface area contributed by atoms with E-state index in [0.29, 0.717) is 24.5 Å². The van der Waals surface area contributed by atoms with Crippen LogP contribution < -0.4 is 4.74 Å². The average Bonchev–Trinajstić information content (AvgIpc) is 3.19. The van der Waals surface area contributed by atoms with Crippen molar-refractivity contribution in [3.63, 3.8) is 0 Å². The Balaban J connectivity index is 1.60. The SMILES string of the molecule is COCc1ccc(CCCOc2c(C)cc(-c3noc(C(F)(F)F)n3)cc2C)cn1. The summed E-state index contributed by atoms with van der Waals surface area (Å²) in [5, 5.41) is 3.43. The molecule has 0 unspecified atom stereocenters. The molecule has 0 aliphatic carbocycles. The van der Waals surface area contributed by atoms with E-state index in [0.717, 1.165) is 35.2 Å². The van der Waals surface area contributed by atoms with Gasteiger partial charge >= 0.3 is 12.1 Å². The first-order chi connectivity index (χ1) is 14.3. The van der Waals surface area contributed by atoms with Gasteiger partial charge in [0.05, 0.1) is 18.9 Å². The Kier molecular flexibility index (Phi) is 6.71. The average molecular weight is 421 g/mol. The molecule has 3 rings (SSSR count). The number of pyridine rings is 1. The molecule has 0 aliphatic heterocycles. The van der Waals surface area contributed by atoms with Crippen molar-refractivity contribution in [3.05, 3.63) is 58.7 Å². The third-order valence-corrected chi connectivity index (χ3v) is 4.42. The number of hydrogen-bond donors (Lipinski definition) is 0. The van der Waals surface area contributed by atoms with Gasteiger partial charge in [0.15, 0.2) is 0 Å². The molecule has 0 saturated heterocycles. The largest absolute Gasteiger partial charge is 0.493 e. The molecular weight excluding hydrogens is 399 g/mol. The second kappa shape index (κ2) is 9.25. The van der Waals surface area contributed by atoms with E-state index in [1.54, 1.807) is 19.2 Å². The van der Waals surface area contributed by atoms with E-state index in [2.05, 4.69) is 19.6 Å². The zero-order valence-corrected chi connectivity index (χ0v) is 16.9. The molecule has 2 aromatic heterocycles. The van der Waals surface area contributed by atoms with Crippen LogP contribution in [0.4, 0.5) is 13.2 Å². The summed E-state index contributed by atoms with van der Waals surface area (Å²) in [5.41, 5.74) is 4.01. The summed E-state index contributed by atoms with van der Waals surface area (Å²) in [7, 11) is 1.63. The molecular formula is C21H22F3N3O3. The summed E-state index contributed by atoms with van der Waals surface area (Å²) in [4.78, 5) is 7.77. The van der Waals surface area contributed by atoms with Gasteiger partial charge < -0.3 is 14.0 Å². The molecule has 6 nitrogen and oxygen atoms in total. The molecule has 0 spiro atoms. The highest BCUT2D eigenvalue weighted by Crippen LogP contribution is 2.32. The molecule has 0 aliphatic rings. The minimum absolute atomic E-state index is 0.107. The summed E-state index contributed by atoms with van der Waals surface area (Å²) in [5.74, 6) is -0.769. The van der Waals surface area contributed by atoms with E-state index >= 15 is 0 Å². The summed E-state index contributed by atoms with van der Waals surface area (Å²) >= 11 is 0. The van der Waals surface area contributed by atoms with Crippen molar-refractivity contribution in [2.24, 2.45) is 0 Å². The fourth-order valence-electron chi connectivity index (χ4n) is 3.05. The Morgan fingerprint density at radius 2 is 1.83 bits per heavy atom. The lowest BCUT2D eigenvalue weighted by atomic mass is 10.1. The first kappa shape index (κ1) is 21.8. The van der Waals surface area contributed by atoms with Gasteiger partial charge in [-0.25, -0.2) is 0 Å². The molecule has 9 heteroatoms. The van der Waals surface area contributed by atoms with Crippen molar-refractivity contribution in [2.45, 2.75) is 39.5 Å². The van der Waals surface area contributed by atoms with Gasteiger partial charge in [-0.2, -0.15) is 18.2 Å². The number of ether oxygens (including phenoxy) is 2. The summed E-state index contributed by atoms with van der Waals surface area (Å²) in [6.45, 7) is 4.64. The number of methoxy groups -OCH3 is 1. The predicted molar refractivity (Wildman–Crippen MR) is 103 cm³/mol. The lowest BCUT2D eigenvalue weighted by molar-refractivity contribution is -0.159. The minimum Gasteiger partial charge on any atom is -0.493 e. The first-order valence-electron chi connectivity index (χ1n) is 9.36. The van der Waals surface area contributed by atoms with E-state index < -0.39 is 12.1 Å². The van der Waals surface area contributed by atoms with Crippen LogP contribution in [0.15, 0.2) is 35.0 Å². The number of rotatable bonds is 8. The van der Waals surface area contributed by atoms with Crippen molar-refractivity contribution in [2.75, 3.05) is 13.7 Å².